The molecule has 1 aliphatic heterocycles. The summed E-state index contributed by atoms with van der Waals surface area (Å²) in [5.74, 6) is 0.534. The van der Waals surface area contributed by atoms with Gasteiger partial charge in [-0.3, -0.25) is 5.43 Å². The van der Waals surface area contributed by atoms with E-state index in [1.54, 1.807) is 0 Å². The van der Waals surface area contributed by atoms with Crippen LogP contribution in [0.1, 0.15) is 17.4 Å². The molecule has 1 heterocycles. The van der Waals surface area contributed by atoms with Gasteiger partial charge in [-0.15, -0.1) is 5.10 Å². The molecule has 0 spiro atoms. The second kappa shape index (κ2) is 20.2. The lowest BCUT2D eigenvalue weighted by Crippen LogP contribution is -2.14. The molecule has 12 rings (SSSR count). The predicted octanol–water partition coefficient (Wildman–Crippen LogP) is 17.7. The van der Waals surface area contributed by atoms with E-state index in [1.165, 1.54) is 10.8 Å². The zero-order valence-electron chi connectivity index (χ0n) is 39.9. The number of benzene rings is 11. The number of fused-ring (bicyclic) bond motifs is 1. The minimum atomic E-state index is -0.447. The first-order valence-electron chi connectivity index (χ1n) is 24.6. The van der Waals surface area contributed by atoms with Gasteiger partial charge in [0.25, 0.3) is 0 Å². The van der Waals surface area contributed by atoms with Gasteiger partial charge >= 0.3 is 0 Å². The number of hydrogen-bond acceptors (Lipinski definition) is 7. The molecule has 1 aliphatic rings. The first-order chi connectivity index (χ1) is 36.2. The Morgan fingerprint density at radius 1 is 0.288 bits per heavy atom. The summed E-state index contributed by atoms with van der Waals surface area (Å²) in [5.41, 5.74) is 17.8. The van der Waals surface area contributed by atoms with E-state index in [-0.39, 0.29) is 0 Å². The SMILES string of the molecule is c1ccc(N(c2ccccc2)c2ccc(N(c3ccc(C4=NNC(c5ccc(N(c6ccccc6)c6cccc7ccccc67)cc5)O4)cc3)c3ccc(N(c4ccccc4)c4ccccc4)cc3)cc2)cc1. The molecule has 350 valence electrons. The van der Waals surface area contributed by atoms with Crippen molar-refractivity contribution in [2.24, 2.45) is 5.10 Å². The van der Waals surface area contributed by atoms with Gasteiger partial charge in [0, 0.05) is 79.1 Å². The fraction of sp³-hybridized carbons (Fsp3) is 0.0152. The van der Waals surface area contributed by atoms with Gasteiger partial charge in [-0.05, 0) is 157 Å². The molecule has 73 heavy (non-hydrogen) atoms. The molecule has 0 radical (unpaired) electrons. The first-order valence-corrected chi connectivity index (χ1v) is 24.6. The van der Waals surface area contributed by atoms with Crippen LogP contribution in [0.5, 0.6) is 0 Å². The number of nitrogens with zero attached hydrogens (tertiary/aromatic N) is 5. The van der Waals surface area contributed by atoms with Crippen molar-refractivity contribution in [1.82, 2.24) is 5.43 Å². The molecule has 0 aliphatic carbocycles. The van der Waals surface area contributed by atoms with Crippen LogP contribution >= 0.6 is 0 Å². The molecular formula is C66H50N6O. The maximum absolute atomic E-state index is 6.55. The van der Waals surface area contributed by atoms with E-state index in [1.807, 2.05) is 0 Å². The van der Waals surface area contributed by atoms with Crippen molar-refractivity contribution in [2.45, 2.75) is 6.23 Å². The fourth-order valence-corrected chi connectivity index (χ4v) is 9.67. The standard InChI is InChI=1S/C66H50N6O/c1-6-21-52(22-7-1)69(53-23-8-2-9-24-53)58-41-45-60(46-42-58)71(61-47-43-59(44-48-61)70(54-25-10-3-11-26-54)55-27-12-4-13-28-55)57-37-33-50(34-38-57)65-67-68-66(73-65)51-35-39-62(40-36-51)72(56-29-14-5-15-30-56)64-32-18-20-49-19-16-17-31-63(49)64/h1-48,66,68H. The summed E-state index contributed by atoms with van der Waals surface area (Å²) in [7, 11) is 0. The average Bonchev–Trinajstić information content (AvgIpc) is 3.97. The molecule has 0 saturated carbocycles. The van der Waals surface area contributed by atoms with E-state index < -0.39 is 6.23 Å². The van der Waals surface area contributed by atoms with Gasteiger partial charge in [0.05, 0.1) is 5.69 Å². The quantitative estimate of drug-likeness (QED) is 0.117. The number of hydrazone groups is 1. The molecule has 0 fully saturated rings. The van der Waals surface area contributed by atoms with Crippen LogP contribution in [-0.4, -0.2) is 5.90 Å². The molecular weight excluding hydrogens is 893 g/mol. The van der Waals surface area contributed by atoms with Crippen molar-refractivity contribution in [3.63, 3.8) is 0 Å². The topological polar surface area (TPSA) is 46.6 Å². The lowest BCUT2D eigenvalue weighted by Gasteiger charge is -2.29. The predicted molar refractivity (Wildman–Crippen MR) is 303 cm³/mol. The van der Waals surface area contributed by atoms with Crippen LogP contribution in [0, 0.1) is 0 Å². The Labute approximate surface area is 426 Å². The maximum atomic E-state index is 6.55. The fourth-order valence-electron chi connectivity index (χ4n) is 9.67. The monoisotopic (exact) mass is 942 g/mol. The molecule has 1 N–H and O–H groups in total. The van der Waals surface area contributed by atoms with Crippen LogP contribution < -0.4 is 25.0 Å². The van der Waals surface area contributed by atoms with Gasteiger partial charge in [0.15, 0.2) is 0 Å². The Kier molecular flexibility index (Phi) is 12.3. The Balaban J connectivity index is 0.838. The van der Waals surface area contributed by atoms with Gasteiger partial charge in [0.2, 0.25) is 12.1 Å². The Bertz CT molecular complexity index is 3390. The number of rotatable bonds is 14. The van der Waals surface area contributed by atoms with Crippen molar-refractivity contribution in [1.29, 1.82) is 0 Å². The summed E-state index contributed by atoms with van der Waals surface area (Å²) in [4.78, 5) is 9.16. The molecule has 0 saturated heterocycles. The van der Waals surface area contributed by atoms with E-state index in [4.69, 9.17) is 9.84 Å². The molecule has 1 unspecified atom stereocenters. The Morgan fingerprint density at radius 2 is 0.603 bits per heavy atom. The third kappa shape index (κ3) is 9.22. The lowest BCUT2D eigenvalue weighted by molar-refractivity contribution is 0.192. The number of nitrogens with one attached hydrogen (secondary N) is 1. The highest BCUT2D eigenvalue weighted by Gasteiger charge is 2.25. The van der Waals surface area contributed by atoms with E-state index >= 15 is 0 Å². The molecule has 7 heteroatoms. The lowest BCUT2D eigenvalue weighted by atomic mass is 10.1. The largest absolute Gasteiger partial charge is 0.446 e. The van der Waals surface area contributed by atoms with Crippen LogP contribution in [0.2, 0.25) is 0 Å². The zero-order valence-corrected chi connectivity index (χ0v) is 39.9. The maximum Gasteiger partial charge on any atom is 0.240 e. The number of hydrogen-bond donors (Lipinski definition) is 1. The van der Waals surface area contributed by atoms with E-state index in [0.717, 1.165) is 79.4 Å². The van der Waals surface area contributed by atoms with Crippen molar-refractivity contribution in [3.05, 3.63) is 302 Å². The second-order valence-electron chi connectivity index (χ2n) is 17.7. The molecule has 0 bridgehead atoms. The van der Waals surface area contributed by atoms with Crippen LogP contribution in [0.4, 0.5) is 68.2 Å². The Morgan fingerprint density at radius 3 is 1.03 bits per heavy atom. The summed E-state index contributed by atoms with van der Waals surface area (Å²) in [5, 5.41) is 7.08. The highest BCUT2D eigenvalue weighted by Crippen LogP contribution is 2.43. The average molecular weight is 943 g/mol. The van der Waals surface area contributed by atoms with Gasteiger partial charge in [-0.1, -0.05) is 140 Å². The van der Waals surface area contributed by atoms with Crippen molar-refractivity contribution < 1.29 is 4.74 Å². The van der Waals surface area contributed by atoms with Crippen LogP contribution in [0.15, 0.2) is 296 Å². The molecule has 7 nitrogen and oxygen atoms in total. The van der Waals surface area contributed by atoms with Crippen molar-refractivity contribution >= 4 is 84.9 Å². The number of anilines is 12. The first kappa shape index (κ1) is 44.4. The summed E-state index contributed by atoms with van der Waals surface area (Å²) in [6, 6.07) is 102. The molecule has 1 atom stereocenters. The summed E-state index contributed by atoms with van der Waals surface area (Å²) in [6.45, 7) is 0. The Hall–Kier alpha value is -9.85. The number of ether oxygens (including phenoxy) is 1. The number of para-hydroxylation sites is 5. The smallest absolute Gasteiger partial charge is 0.240 e. The highest BCUT2D eigenvalue weighted by molar-refractivity contribution is 5.99. The van der Waals surface area contributed by atoms with E-state index in [9.17, 15) is 0 Å². The van der Waals surface area contributed by atoms with E-state index in [0.29, 0.717) is 5.90 Å². The zero-order chi connectivity index (χ0) is 48.8. The summed E-state index contributed by atoms with van der Waals surface area (Å²) >= 11 is 0. The summed E-state index contributed by atoms with van der Waals surface area (Å²) in [6.07, 6.45) is -0.447. The normalized spacial score (nSPS) is 12.8. The van der Waals surface area contributed by atoms with Gasteiger partial charge in [-0.2, -0.15) is 0 Å². The molecule has 11 aromatic rings. The van der Waals surface area contributed by atoms with E-state index in [2.05, 4.69) is 316 Å². The highest BCUT2D eigenvalue weighted by atomic mass is 16.5. The van der Waals surface area contributed by atoms with Crippen LogP contribution in [-0.2, 0) is 4.74 Å². The van der Waals surface area contributed by atoms with Crippen molar-refractivity contribution in [3.8, 4) is 0 Å². The molecule has 11 aromatic carbocycles. The van der Waals surface area contributed by atoms with Gasteiger partial charge in [0.1, 0.15) is 0 Å². The van der Waals surface area contributed by atoms with Crippen molar-refractivity contribution in [2.75, 3.05) is 19.6 Å². The minimum absolute atomic E-state index is 0.447. The van der Waals surface area contributed by atoms with Crippen LogP contribution in [0.3, 0.4) is 0 Å². The van der Waals surface area contributed by atoms with Gasteiger partial charge < -0.3 is 24.3 Å². The summed E-state index contributed by atoms with van der Waals surface area (Å²) < 4.78 is 6.55. The minimum Gasteiger partial charge on any atom is -0.446 e. The molecule has 0 aromatic heterocycles. The molecule has 0 amide bonds. The third-order valence-electron chi connectivity index (χ3n) is 13.2. The van der Waals surface area contributed by atoms with Gasteiger partial charge in [-0.25, -0.2) is 0 Å². The second-order valence-corrected chi connectivity index (χ2v) is 17.7. The third-order valence-corrected chi connectivity index (χ3v) is 13.2. The van der Waals surface area contributed by atoms with Crippen LogP contribution in [0.25, 0.3) is 10.8 Å².